The van der Waals surface area contributed by atoms with Crippen LogP contribution in [0.25, 0.3) is 32.6 Å². The lowest BCUT2D eigenvalue weighted by Gasteiger charge is -2.17. The average Bonchev–Trinajstić information content (AvgIpc) is 3.21. The van der Waals surface area contributed by atoms with Crippen molar-refractivity contribution in [3.8, 4) is 16.3 Å². The summed E-state index contributed by atoms with van der Waals surface area (Å²) in [6.45, 7) is 0. The lowest BCUT2D eigenvalue weighted by molar-refractivity contribution is 0.405. The van der Waals surface area contributed by atoms with E-state index in [-0.39, 0.29) is 16.9 Å². The van der Waals surface area contributed by atoms with Crippen LogP contribution in [0.5, 0.6) is 5.75 Å². The first kappa shape index (κ1) is 16.3. The highest BCUT2D eigenvalue weighted by Gasteiger charge is 2.24. The van der Waals surface area contributed by atoms with E-state index < -0.39 is 5.63 Å². The number of aromatic nitrogens is 1. The fourth-order valence-electron chi connectivity index (χ4n) is 3.77. The second-order valence-electron chi connectivity index (χ2n) is 6.51. The predicted octanol–water partition coefficient (Wildman–Crippen LogP) is 3.91. The molecule has 1 aliphatic rings. The largest absolute Gasteiger partial charge is 0.493 e. The normalized spacial score (nSPS) is 13.8. The molecule has 0 radical (unpaired) electrons. The highest BCUT2D eigenvalue weighted by molar-refractivity contribution is 7.13. The zero-order valence-electron chi connectivity index (χ0n) is 14.5. The van der Waals surface area contributed by atoms with E-state index in [0.29, 0.717) is 28.8 Å². The summed E-state index contributed by atoms with van der Waals surface area (Å²) in [4.78, 5) is 30.3. The van der Waals surface area contributed by atoms with Gasteiger partial charge in [0.2, 0.25) is 0 Å². The molecule has 0 spiro atoms. The number of ether oxygens (including phenoxy) is 1. The van der Waals surface area contributed by atoms with Gasteiger partial charge in [-0.25, -0.2) is 14.6 Å². The second-order valence-corrected chi connectivity index (χ2v) is 7.46. The monoisotopic (exact) mass is 381 g/mol. The summed E-state index contributed by atoms with van der Waals surface area (Å²) in [5.41, 5.74) is 2.24. The van der Waals surface area contributed by atoms with Crippen LogP contribution in [0.2, 0.25) is 0 Å². The Morgan fingerprint density at radius 1 is 1.11 bits per heavy atom. The molecule has 3 heterocycles. The quantitative estimate of drug-likeness (QED) is 0.387. The van der Waals surface area contributed by atoms with E-state index in [0.717, 1.165) is 35.1 Å². The van der Waals surface area contributed by atoms with Crippen LogP contribution in [-0.2, 0) is 12.8 Å². The highest BCUT2D eigenvalue weighted by Crippen LogP contribution is 2.37. The number of hydrogen-bond acceptors (Lipinski definition) is 7. The van der Waals surface area contributed by atoms with Gasteiger partial charge in [-0.1, -0.05) is 6.07 Å². The van der Waals surface area contributed by atoms with E-state index in [9.17, 15) is 9.59 Å². The van der Waals surface area contributed by atoms with Crippen molar-refractivity contribution in [1.82, 2.24) is 4.98 Å². The topological polar surface area (TPSA) is 82.5 Å². The molecule has 0 unspecified atom stereocenters. The summed E-state index contributed by atoms with van der Waals surface area (Å²) in [5, 5.41) is 2.62. The van der Waals surface area contributed by atoms with Gasteiger partial charge in [0.05, 0.1) is 17.4 Å². The van der Waals surface area contributed by atoms with Gasteiger partial charge in [-0.15, -0.1) is 11.3 Å². The summed E-state index contributed by atoms with van der Waals surface area (Å²) in [5.74, 6) is 0.318. The molecule has 0 fully saturated rings. The van der Waals surface area contributed by atoms with Crippen LogP contribution in [0.1, 0.15) is 24.0 Å². The van der Waals surface area contributed by atoms with Gasteiger partial charge in [0, 0.05) is 11.6 Å². The van der Waals surface area contributed by atoms with E-state index >= 15 is 0 Å². The summed E-state index contributed by atoms with van der Waals surface area (Å²) in [6, 6.07) is 5.28. The minimum absolute atomic E-state index is 0.253. The molecule has 0 atom stereocenters. The first-order valence-corrected chi connectivity index (χ1v) is 9.59. The van der Waals surface area contributed by atoms with E-state index in [4.69, 9.17) is 13.6 Å². The molecular weight excluding hydrogens is 366 g/mol. The Hall–Kier alpha value is -2.93. The van der Waals surface area contributed by atoms with Crippen LogP contribution in [0, 0.1) is 0 Å². The molecule has 0 saturated heterocycles. The number of rotatable bonds is 2. The molecule has 7 heteroatoms. The lowest BCUT2D eigenvalue weighted by atomic mass is 9.90. The van der Waals surface area contributed by atoms with E-state index in [2.05, 4.69) is 4.98 Å². The van der Waals surface area contributed by atoms with Crippen molar-refractivity contribution in [2.75, 3.05) is 7.11 Å². The molecular formula is C20H15NO5S. The molecule has 0 saturated carbocycles. The maximum atomic E-state index is 12.5. The summed E-state index contributed by atoms with van der Waals surface area (Å²) < 4.78 is 16.6. The first-order chi connectivity index (χ1) is 13.2. The Morgan fingerprint density at radius 2 is 1.93 bits per heavy atom. The maximum Gasteiger partial charge on any atom is 0.364 e. The van der Waals surface area contributed by atoms with Crippen LogP contribution in [0.15, 0.2) is 42.0 Å². The van der Waals surface area contributed by atoms with E-state index in [1.54, 1.807) is 6.07 Å². The molecule has 3 aromatic heterocycles. The molecule has 5 rings (SSSR count). The van der Waals surface area contributed by atoms with Crippen molar-refractivity contribution in [3.63, 3.8) is 0 Å². The molecule has 0 bridgehead atoms. The van der Waals surface area contributed by atoms with Crippen molar-refractivity contribution in [2.24, 2.45) is 0 Å². The van der Waals surface area contributed by atoms with Crippen molar-refractivity contribution < 1.29 is 13.6 Å². The Bertz CT molecular complexity index is 1300. The van der Waals surface area contributed by atoms with E-state index in [1.807, 2.05) is 17.5 Å². The summed E-state index contributed by atoms with van der Waals surface area (Å²) in [7, 11) is 1.48. The van der Waals surface area contributed by atoms with Gasteiger partial charge in [0.1, 0.15) is 11.1 Å². The molecule has 0 N–H and O–H groups in total. The number of hydrogen-bond donors (Lipinski definition) is 0. The first-order valence-electron chi connectivity index (χ1n) is 8.71. The summed E-state index contributed by atoms with van der Waals surface area (Å²) in [6.07, 6.45) is 3.41. The number of aryl methyl sites for hydroxylation is 1. The minimum Gasteiger partial charge on any atom is -0.493 e. The Labute approximate surface area is 157 Å². The van der Waals surface area contributed by atoms with Gasteiger partial charge in [-0.2, -0.15) is 0 Å². The molecule has 1 aliphatic carbocycles. The number of nitrogens with zero attached hydrogens (tertiary/aromatic N) is 1. The predicted molar refractivity (Wildman–Crippen MR) is 103 cm³/mol. The standard InChI is InChI=1S/C20H15NO5S/c1-24-13-9-12-15(10-5-2-3-6-11(10)19(22)25-12)17-18(13)26-20(23)16(21-17)14-7-4-8-27-14/h4,7-9H,2-3,5-6H2,1H3. The van der Waals surface area contributed by atoms with Gasteiger partial charge >= 0.3 is 11.3 Å². The second kappa shape index (κ2) is 6.06. The van der Waals surface area contributed by atoms with Crippen molar-refractivity contribution in [1.29, 1.82) is 0 Å². The summed E-state index contributed by atoms with van der Waals surface area (Å²) >= 11 is 1.42. The van der Waals surface area contributed by atoms with Crippen LogP contribution in [0.4, 0.5) is 0 Å². The van der Waals surface area contributed by atoms with Gasteiger partial charge in [0.15, 0.2) is 17.0 Å². The zero-order chi connectivity index (χ0) is 18.5. The lowest BCUT2D eigenvalue weighted by Crippen LogP contribution is -2.16. The third kappa shape index (κ3) is 2.42. The van der Waals surface area contributed by atoms with Crippen LogP contribution in [0.3, 0.4) is 0 Å². The van der Waals surface area contributed by atoms with Crippen molar-refractivity contribution >= 4 is 33.4 Å². The fourth-order valence-corrected chi connectivity index (χ4v) is 4.47. The molecule has 136 valence electrons. The van der Waals surface area contributed by atoms with Crippen LogP contribution in [-0.4, -0.2) is 12.1 Å². The molecule has 0 aliphatic heterocycles. The third-order valence-corrected chi connectivity index (χ3v) is 5.87. The number of benzene rings is 1. The van der Waals surface area contributed by atoms with Crippen molar-refractivity contribution in [2.45, 2.75) is 25.7 Å². The van der Waals surface area contributed by atoms with Gasteiger partial charge in [-0.3, -0.25) is 0 Å². The SMILES string of the molecule is COc1cc2oc(=O)c3c(c2c2nc(-c4cccs4)c(=O)oc12)CCCC3. The number of methoxy groups -OCH3 is 1. The molecule has 0 amide bonds. The molecule has 6 nitrogen and oxygen atoms in total. The highest BCUT2D eigenvalue weighted by atomic mass is 32.1. The van der Waals surface area contributed by atoms with Gasteiger partial charge in [0.25, 0.3) is 0 Å². The fraction of sp³-hybridized carbons (Fsp3) is 0.250. The smallest absolute Gasteiger partial charge is 0.364 e. The van der Waals surface area contributed by atoms with Crippen LogP contribution >= 0.6 is 11.3 Å². The van der Waals surface area contributed by atoms with Crippen molar-refractivity contribution in [3.05, 3.63) is 55.5 Å². The van der Waals surface area contributed by atoms with Crippen LogP contribution < -0.4 is 16.0 Å². The Balaban J connectivity index is 1.99. The zero-order valence-corrected chi connectivity index (χ0v) is 15.4. The Morgan fingerprint density at radius 3 is 2.67 bits per heavy atom. The minimum atomic E-state index is -0.520. The van der Waals surface area contributed by atoms with E-state index in [1.165, 1.54) is 18.4 Å². The molecule has 4 aromatic rings. The average molecular weight is 381 g/mol. The molecule has 1 aromatic carbocycles. The Kier molecular flexibility index (Phi) is 3.65. The number of fused-ring (bicyclic) bond motifs is 5. The number of thiophene rings is 1. The maximum absolute atomic E-state index is 12.5. The van der Waals surface area contributed by atoms with Gasteiger partial charge < -0.3 is 13.6 Å². The van der Waals surface area contributed by atoms with Gasteiger partial charge in [-0.05, 0) is 42.7 Å². The molecule has 27 heavy (non-hydrogen) atoms. The third-order valence-electron chi connectivity index (χ3n) is 4.99.